The minimum Gasteiger partial charge on any atom is -0.591 e. The Labute approximate surface area is 177 Å². The summed E-state index contributed by atoms with van der Waals surface area (Å²) in [5, 5.41) is 2.29. The van der Waals surface area contributed by atoms with Gasteiger partial charge in [-0.05, 0) is 39.8 Å². The fourth-order valence-corrected chi connectivity index (χ4v) is 4.10. The first kappa shape index (κ1) is 21.6. The smallest absolute Gasteiger partial charge is 0.357 e. The van der Waals surface area contributed by atoms with E-state index < -0.39 is 28.2 Å². The zero-order chi connectivity index (χ0) is 21.2. The molecular weight excluding hydrogens is 412 g/mol. The third-order valence-electron chi connectivity index (χ3n) is 4.15. The molecule has 0 saturated heterocycles. The summed E-state index contributed by atoms with van der Waals surface area (Å²) in [6.45, 7) is 7.67. The second-order valence-electron chi connectivity index (χ2n) is 7.36. The Morgan fingerprint density at radius 1 is 1.45 bits per heavy atom. The summed E-state index contributed by atoms with van der Waals surface area (Å²) >= 11 is -0.0931. The van der Waals surface area contributed by atoms with Crippen molar-refractivity contribution in [2.24, 2.45) is 4.40 Å². The molecule has 1 aliphatic heterocycles. The molecule has 9 heteroatoms. The van der Waals surface area contributed by atoms with Crippen LogP contribution >= 0.6 is 11.3 Å². The lowest BCUT2D eigenvalue weighted by molar-refractivity contribution is 0.0519. The number of carbonyl (C=O) groups excluding carboxylic acids is 1. The minimum absolute atomic E-state index is 0.253. The van der Waals surface area contributed by atoms with Crippen molar-refractivity contribution in [3.8, 4) is 11.5 Å². The quantitative estimate of drug-likeness (QED) is 0.517. The van der Waals surface area contributed by atoms with Crippen LogP contribution in [-0.4, -0.2) is 39.7 Å². The number of fused-ring (bicyclic) bond motifs is 1. The first-order valence-electron chi connectivity index (χ1n) is 9.20. The summed E-state index contributed by atoms with van der Waals surface area (Å²) in [5.74, 6) is 0.765. The second-order valence-corrected chi connectivity index (χ2v) is 10.2. The number of methoxy groups -OCH3 is 1. The maximum Gasteiger partial charge on any atom is 0.357 e. The molecule has 29 heavy (non-hydrogen) atoms. The van der Waals surface area contributed by atoms with E-state index in [0.29, 0.717) is 28.6 Å². The molecule has 1 aliphatic rings. The highest BCUT2D eigenvalue weighted by molar-refractivity contribution is 7.91. The molecule has 0 spiro atoms. The molecule has 2 heterocycles. The number of nitrogens with zero attached hydrogens (tertiary/aromatic N) is 2. The van der Waals surface area contributed by atoms with Crippen LogP contribution in [-0.2, 0) is 16.1 Å². The lowest BCUT2D eigenvalue weighted by Gasteiger charge is -2.27. The molecule has 0 amide bonds. The van der Waals surface area contributed by atoms with Gasteiger partial charge in [0, 0.05) is 23.4 Å². The maximum absolute atomic E-state index is 12.7. The van der Waals surface area contributed by atoms with E-state index in [1.165, 1.54) is 11.3 Å². The number of ether oxygens (including phenoxy) is 3. The summed E-state index contributed by atoms with van der Waals surface area (Å²) in [6, 6.07) is 5.45. The van der Waals surface area contributed by atoms with E-state index >= 15 is 0 Å². The van der Waals surface area contributed by atoms with Crippen LogP contribution in [0.5, 0.6) is 11.5 Å². The lowest BCUT2D eigenvalue weighted by Crippen LogP contribution is -2.29. The molecule has 3 rings (SSSR count). The van der Waals surface area contributed by atoms with Crippen molar-refractivity contribution >= 4 is 34.4 Å². The highest BCUT2D eigenvalue weighted by Crippen LogP contribution is 2.39. The van der Waals surface area contributed by atoms with Crippen LogP contribution in [0.1, 0.15) is 61.3 Å². The van der Waals surface area contributed by atoms with Crippen LogP contribution in [0.4, 0.5) is 0 Å². The highest BCUT2D eigenvalue weighted by atomic mass is 32.2. The van der Waals surface area contributed by atoms with Gasteiger partial charge in [0.25, 0.3) is 0 Å². The Hall–Kier alpha value is -2.10. The number of aromatic nitrogens is 1. The van der Waals surface area contributed by atoms with Crippen LogP contribution in [0.3, 0.4) is 0 Å². The third-order valence-corrected chi connectivity index (χ3v) is 6.52. The van der Waals surface area contributed by atoms with E-state index in [1.54, 1.807) is 25.5 Å². The van der Waals surface area contributed by atoms with E-state index in [2.05, 4.69) is 9.38 Å². The zero-order valence-electron chi connectivity index (χ0n) is 17.1. The van der Waals surface area contributed by atoms with Crippen molar-refractivity contribution < 1.29 is 23.6 Å². The topological polar surface area (TPSA) is 93.1 Å². The molecular formula is C20H24N2O5S2. The number of rotatable bonds is 5. The number of carbonyl (C=O) groups is 1. The minimum atomic E-state index is -1.42. The predicted octanol–water partition coefficient (Wildman–Crippen LogP) is 4.10. The normalized spacial score (nSPS) is 18.7. The van der Waals surface area contributed by atoms with Crippen molar-refractivity contribution in [3.05, 3.63) is 39.8 Å². The van der Waals surface area contributed by atoms with Crippen molar-refractivity contribution in [2.75, 3.05) is 13.7 Å². The van der Waals surface area contributed by atoms with Gasteiger partial charge in [0.05, 0.1) is 13.7 Å². The number of thiazole rings is 1. The van der Waals surface area contributed by atoms with Crippen molar-refractivity contribution in [1.82, 2.24) is 4.98 Å². The number of esters is 1. The molecule has 156 valence electrons. The van der Waals surface area contributed by atoms with Crippen molar-refractivity contribution in [3.63, 3.8) is 0 Å². The molecule has 0 radical (unpaired) electrons. The second kappa shape index (κ2) is 8.73. The van der Waals surface area contributed by atoms with Crippen LogP contribution < -0.4 is 9.47 Å². The van der Waals surface area contributed by atoms with Gasteiger partial charge in [-0.2, -0.15) is 0 Å². The lowest BCUT2D eigenvalue weighted by atomic mass is 10.00. The Balaban J connectivity index is 1.97. The van der Waals surface area contributed by atoms with Crippen LogP contribution in [0.25, 0.3) is 0 Å². The molecule has 0 saturated carbocycles. The molecule has 7 nitrogen and oxygen atoms in total. The zero-order valence-corrected chi connectivity index (χ0v) is 18.7. The van der Waals surface area contributed by atoms with Gasteiger partial charge in [-0.1, -0.05) is 4.40 Å². The van der Waals surface area contributed by atoms with E-state index in [4.69, 9.17) is 14.2 Å². The highest BCUT2D eigenvalue weighted by Gasteiger charge is 2.33. The van der Waals surface area contributed by atoms with E-state index in [9.17, 15) is 9.35 Å². The summed E-state index contributed by atoms with van der Waals surface area (Å²) in [5.41, 5.74) is 1.71. The van der Waals surface area contributed by atoms with Gasteiger partial charge in [0.1, 0.15) is 38.3 Å². The van der Waals surface area contributed by atoms with Crippen LogP contribution in [0.15, 0.2) is 28.0 Å². The van der Waals surface area contributed by atoms with Gasteiger partial charge in [-0.15, -0.1) is 11.3 Å². The van der Waals surface area contributed by atoms with Crippen LogP contribution in [0.2, 0.25) is 0 Å². The van der Waals surface area contributed by atoms with Gasteiger partial charge in [-0.3, -0.25) is 0 Å². The average molecular weight is 437 g/mol. The van der Waals surface area contributed by atoms with Gasteiger partial charge in [0.2, 0.25) is 0 Å². The molecule has 0 bridgehead atoms. The Bertz CT molecular complexity index is 920. The molecule has 0 fully saturated rings. The monoisotopic (exact) mass is 436 g/mol. The molecule has 0 aliphatic carbocycles. The summed E-state index contributed by atoms with van der Waals surface area (Å²) in [6.07, 6.45) is -0.0461. The molecule has 0 N–H and O–H groups in total. The first-order valence-corrected chi connectivity index (χ1v) is 11.2. The Morgan fingerprint density at radius 2 is 2.21 bits per heavy atom. The van der Waals surface area contributed by atoms with E-state index in [-0.39, 0.29) is 12.3 Å². The third kappa shape index (κ3) is 4.91. The summed E-state index contributed by atoms with van der Waals surface area (Å²) < 4.78 is 33.1. The van der Waals surface area contributed by atoms with E-state index in [1.807, 2.05) is 32.9 Å². The standard InChI is InChI=1S/C20H24N2O5S2/c1-6-26-19(23)15-11-28-18(21-15)17-10-14(22-29(24)20(2,3)4)13-8-7-12(25-5)9-16(13)27-17/h7-9,11,17H,6,10H2,1-5H3/b22-14-/t17-,29?/m0/s1. The Kier molecular flexibility index (Phi) is 6.50. The maximum atomic E-state index is 12.7. The van der Waals surface area contributed by atoms with Crippen molar-refractivity contribution in [1.29, 1.82) is 0 Å². The van der Waals surface area contributed by atoms with Gasteiger partial charge in [-0.25, -0.2) is 9.78 Å². The summed E-state index contributed by atoms with van der Waals surface area (Å²) in [7, 11) is 1.58. The SMILES string of the molecule is CCOC(=O)c1csc([C@@H]2C/C(=N/[S+]([O-])C(C)(C)C)c3ccc(OC)cc3O2)n1. The molecule has 2 atom stereocenters. The summed E-state index contributed by atoms with van der Waals surface area (Å²) in [4.78, 5) is 16.3. The number of hydrogen-bond donors (Lipinski definition) is 0. The fraction of sp³-hybridized carbons (Fsp3) is 0.450. The van der Waals surface area contributed by atoms with Crippen molar-refractivity contribution in [2.45, 2.75) is 45.0 Å². The Morgan fingerprint density at radius 3 is 2.86 bits per heavy atom. The van der Waals surface area contributed by atoms with Gasteiger partial charge in [0.15, 0.2) is 11.8 Å². The average Bonchev–Trinajstić information content (AvgIpc) is 3.17. The molecule has 1 aromatic heterocycles. The fourth-order valence-electron chi connectivity index (χ4n) is 2.64. The number of hydrogen-bond acceptors (Lipinski definition) is 8. The molecule has 2 aromatic rings. The van der Waals surface area contributed by atoms with E-state index in [0.717, 1.165) is 5.56 Å². The van der Waals surface area contributed by atoms with Crippen LogP contribution in [0, 0.1) is 0 Å². The van der Waals surface area contributed by atoms with Gasteiger partial charge >= 0.3 is 5.97 Å². The molecule has 1 unspecified atom stereocenters. The predicted molar refractivity (Wildman–Crippen MR) is 113 cm³/mol. The largest absolute Gasteiger partial charge is 0.591 e. The first-order chi connectivity index (χ1) is 13.7. The molecule has 1 aromatic carbocycles. The number of benzene rings is 1. The van der Waals surface area contributed by atoms with Gasteiger partial charge < -0.3 is 18.8 Å².